The summed E-state index contributed by atoms with van der Waals surface area (Å²) in [5.41, 5.74) is 1.12. The van der Waals surface area contributed by atoms with Crippen molar-refractivity contribution in [2.24, 2.45) is 0 Å². The number of methoxy groups -OCH3 is 1. The van der Waals surface area contributed by atoms with Gasteiger partial charge >= 0.3 is 0 Å². The fraction of sp³-hybridized carbons (Fsp3) is 0.167. The number of hydrogen-bond donors (Lipinski definition) is 1. The number of carbonyl (C=O) groups excluding carboxylic acids is 1. The first kappa shape index (κ1) is 16.9. The van der Waals surface area contributed by atoms with E-state index >= 15 is 0 Å². The molecule has 5 heteroatoms. The quantitative estimate of drug-likeness (QED) is 0.631. The minimum atomic E-state index is -0.217. The summed E-state index contributed by atoms with van der Waals surface area (Å²) in [5, 5.41) is 9.82. The molecule has 1 N–H and O–H groups in total. The maximum Gasteiger partial charge on any atom is 0.185 e. The fourth-order valence-corrected chi connectivity index (χ4v) is 2.37. The van der Waals surface area contributed by atoms with Gasteiger partial charge in [0.15, 0.2) is 17.3 Å². The number of rotatable bonds is 6. The molecule has 0 amide bonds. The average molecular weight is 333 g/mol. The highest BCUT2D eigenvalue weighted by Gasteiger charge is 2.10. The van der Waals surface area contributed by atoms with Crippen LogP contribution in [0, 0.1) is 0 Å². The van der Waals surface area contributed by atoms with E-state index in [0.29, 0.717) is 34.3 Å². The smallest absolute Gasteiger partial charge is 0.185 e. The van der Waals surface area contributed by atoms with Crippen LogP contribution >= 0.6 is 11.6 Å². The average Bonchev–Trinajstić information content (AvgIpc) is 2.53. The summed E-state index contributed by atoms with van der Waals surface area (Å²) < 4.78 is 10.7. The third-order valence-corrected chi connectivity index (χ3v) is 3.37. The second-order valence-electron chi connectivity index (χ2n) is 4.72. The molecule has 0 atom stereocenters. The van der Waals surface area contributed by atoms with Crippen molar-refractivity contribution in [3.63, 3.8) is 0 Å². The van der Waals surface area contributed by atoms with E-state index in [2.05, 4.69) is 0 Å². The van der Waals surface area contributed by atoms with Crippen LogP contribution in [0.5, 0.6) is 17.2 Å². The molecule has 23 heavy (non-hydrogen) atoms. The van der Waals surface area contributed by atoms with Gasteiger partial charge in [-0.2, -0.15) is 0 Å². The molecule has 2 aromatic carbocycles. The van der Waals surface area contributed by atoms with Crippen LogP contribution in [0.3, 0.4) is 0 Å². The van der Waals surface area contributed by atoms with Crippen LogP contribution in [0.2, 0.25) is 5.02 Å². The van der Waals surface area contributed by atoms with Gasteiger partial charge < -0.3 is 14.6 Å². The highest BCUT2D eigenvalue weighted by atomic mass is 35.5. The Hall–Kier alpha value is -2.46. The van der Waals surface area contributed by atoms with E-state index in [1.165, 1.54) is 25.3 Å². The third kappa shape index (κ3) is 4.27. The molecule has 0 spiro atoms. The molecule has 0 aromatic heterocycles. The molecular weight excluding hydrogens is 316 g/mol. The first-order chi connectivity index (χ1) is 11.0. The summed E-state index contributed by atoms with van der Waals surface area (Å²) in [6.07, 6.45) is 3.06. The van der Waals surface area contributed by atoms with Gasteiger partial charge in [-0.15, -0.1) is 0 Å². The molecule has 0 saturated heterocycles. The fourth-order valence-electron chi connectivity index (χ4n) is 2.07. The lowest BCUT2D eigenvalue weighted by Crippen LogP contribution is -1.97. The molecule has 0 fully saturated rings. The number of ether oxygens (including phenoxy) is 2. The Bertz CT molecular complexity index is 738. The lowest BCUT2D eigenvalue weighted by Gasteiger charge is -2.11. The molecule has 0 saturated carbocycles. The lowest BCUT2D eigenvalue weighted by molar-refractivity contribution is 0.104. The monoisotopic (exact) mass is 332 g/mol. The molecule has 0 heterocycles. The number of allylic oxidation sites excluding steroid dienone is 1. The van der Waals surface area contributed by atoms with Crippen LogP contribution in [0.15, 0.2) is 42.5 Å². The highest BCUT2D eigenvalue weighted by molar-refractivity contribution is 6.32. The largest absolute Gasteiger partial charge is 0.508 e. The molecular formula is C18H17ClO4. The predicted octanol–water partition coefficient (Wildman–Crippen LogP) is 4.35. The minimum Gasteiger partial charge on any atom is -0.508 e. The van der Waals surface area contributed by atoms with Crippen LogP contribution in [0.4, 0.5) is 0 Å². The van der Waals surface area contributed by atoms with Gasteiger partial charge in [0, 0.05) is 5.56 Å². The van der Waals surface area contributed by atoms with E-state index in [4.69, 9.17) is 21.1 Å². The molecule has 0 unspecified atom stereocenters. The molecule has 0 aliphatic rings. The Balaban J connectivity index is 2.27. The molecule has 0 bridgehead atoms. The molecule has 0 aliphatic carbocycles. The van der Waals surface area contributed by atoms with Crippen molar-refractivity contribution < 1.29 is 19.4 Å². The zero-order valence-corrected chi connectivity index (χ0v) is 13.6. The maximum absolute atomic E-state index is 12.1. The number of halogens is 1. The number of carbonyl (C=O) groups is 1. The van der Waals surface area contributed by atoms with Crippen molar-refractivity contribution in [1.82, 2.24) is 0 Å². The summed E-state index contributed by atoms with van der Waals surface area (Å²) in [6, 6.07) is 9.62. The highest BCUT2D eigenvalue weighted by Crippen LogP contribution is 2.36. The van der Waals surface area contributed by atoms with Crippen molar-refractivity contribution in [1.29, 1.82) is 0 Å². The lowest BCUT2D eigenvalue weighted by atomic mass is 10.1. The molecule has 0 radical (unpaired) electrons. The first-order valence-electron chi connectivity index (χ1n) is 7.07. The molecule has 2 aromatic rings. The van der Waals surface area contributed by atoms with Crippen molar-refractivity contribution in [2.45, 2.75) is 6.92 Å². The second kappa shape index (κ2) is 7.70. The van der Waals surface area contributed by atoms with Crippen molar-refractivity contribution in [3.8, 4) is 17.2 Å². The second-order valence-corrected chi connectivity index (χ2v) is 5.12. The van der Waals surface area contributed by atoms with E-state index in [0.717, 1.165) is 0 Å². The Morgan fingerprint density at radius 1 is 1.30 bits per heavy atom. The van der Waals surface area contributed by atoms with E-state index < -0.39 is 0 Å². The number of phenols is 1. The number of phenolic OH excluding ortho intramolecular Hbond substituents is 1. The topological polar surface area (TPSA) is 55.8 Å². The first-order valence-corrected chi connectivity index (χ1v) is 7.44. The van der Waals surface area contributed by atoms with Gasteiger partial charge in [-0.25, -0.2) is 0 Å². The predicted molar refractivity (Wildman–Crippen MR) is 90.6 cm³/mol. The van der Waals surface area contributed by atoms with Crippen LogP contribution in [0.1, 0.15) is 22.8 Å². The standard InChI is InChI=1S/C18H17ClO4/c1-3-23-17-10-12(9-15(19)18(17)22-2)7-8-16(21)13-5-4-6-14(20)11-13/h4-11,20H,3H2,1-2H3/b8-7+. The van der Waals surface area contributed by atoms with Crippen molar-refractivity contribution in [3.05, 3.63) is 58.6 Å². The maximum atomic E-state index is 12.1. The SMILES string of the molecule is CCOc1cc(/C=C/C(=O)c2cccc(O)c2)cc(Cl)c1OC. The van der Waals surface area contributed by atoms with E-state index in [-0.39, 0.29) is 11.5 Å². The van der Waals surface area contributed by atoms with Gasteiger partial charge in [-0.05, 0) is 42.8 Å². The Kier molecular flexibility index (Phi) is 5.66. The van der Waals surface area contributed by atoms with Gasteiger partial charge in [-0.3, -0.25) is 4.79 Å². The Labute approximate surface area is 139 Å². The zero-order chi connectivity index (χ0) is 16.8. The molecule has 0 aliphatic heterocycles. The van der Waals surface area contributed by atoms with Crippen molar-refractivity contribution >= 4 is 23.5 Å². The van der Waals surface area contributed by atoms with Crippen molar-refractivity contribution in [2.75, 3.05) is 13.7 Å². The zero-order valence-electron chi connectivity index (χ0n) is 12.9. The van der Waals surface area contributed by atoms with Crippen LogP contribution in [-0.2, 0) is 0 Å². The van der Waals surface area contributed by atoms with Gasteiger partial charge in [0.2, 0.25) is 0 Å². The van der Waals surface area contributed by atoms with E-state index in [1.807, 2.05) is 6.92 Å². The number of aromatic hydroxyl groups is 1. The molecule has 2 rings (SSSR count). The normalized spacial score (nSPS) is 10.7. The van der Waals surface area contributed by atoms with Gasteiger partial charge in [0.25, 0.3) is 0 Å². The van der Waals surface area contributed by atoms with Crippen LogP contribution < -0.4 is 9.47 Å². The van der Waals surface area contributed by atoms with E-state index in [9.17, 15) is 9.90 Å². The number of ketones is 1. The summed E-state index contributed by atoms with van der Waals surface area (Å²) in [7, 11) is 1.52. The molecule has 4 nitrogen and oxygen atoms in total. The summed E-state index contributed by atoms with van der Waals surface area (Å²) in [5.74, 6) is 0.818. The Morgan fingerprint density at radius 3 is 2.74 bits per heavy atom. The Morgan fingerprint density at radius 2 is 2.09 bits per heavy atom. The van der Waals surface area contributed by atoms with Gasteiger partial charge in [0.05, 0.1) is 18.7 Å². The number of benzene rings is 2. The van der Waals surface area contributed by atoms with E-state index in [1.54, 1.807) is 30.3 Å². The van der Waals surface area contributed by atoms with Gasteiger partial charge in [-0.1, -0.05) is 29.8 Å². The third-order valence-electron chi connectivity index (χ3n) is 3.09. The van der Waals surface area contributed by atoms with Gasteiger partial charge in [0.1, 0.15) is 5.75 Å². The summed E-state index contributed by atoms with van der Waals surface area (Å²) >= 11 is 6.17. The number of hydrogen-bond acceptors (Lipinski definition) is 4. The van der Waals surface area contributed by atoms with Crippen LogP contribution in [-0.4, -0.2) is 24.6 Å². The minimum absolute atomic E-state index is 0.0513. The summed E-state index contributed by atoms with van der Waals surface area (Å²) in [6.45, 7) is 2.34. The summed E-state index contributed by atoms with van der Waals surface area (Å²) in [4.78, 5) is 12.1. The van der Waals surface area contributed by atoms with Crippen LogP contribution in [0.25, 0.3) is 6.08 Å². The molecule has 120 valence electrons.